The minimum atomic E-state index is -0.971. The van der Waals surface area contributed by atoms with E-state index in [4.69, 9.17) is 14.0 Å². The monoisotopic (exact) mass is 311 g/mol. The van der Waals surface area contributed by atoms with Crippen molar-refractivity contribution in [3.05, 3.63) is 0 Å². The zero-order chi connectivity index (χ0) is 17.4. The molecule has 1 rings (SSSR count). The standard InChI is InChI=1S/C16H33B2O4/c1-10-11-12(2)16(9,13(3,4)19)20-17-18-21-14(5,6)15(7,8)22-18/h12,19H,10-11H2,1-9H3. The molecule has 1 radical (unpaired) electrons. The lowest BCUT2D eigenvalue weighted by Crippen LogP contribution is -2.56. The third-order valence-corrected chi connectivity index (χ3v) is 5.57. The van der Waals surface area contributed by atoms with E-state index >= 15 is 0 Å². The van der Waals surface area contributed by atoms with Crippen LogP contribution in [0.3, 0.4) is 0 Å². The van der Waals surface area contributed by atoms with Crippen LogP contribution >= 0.6 is 0 Å². The van der Waals surface area contributed by atoms with Crippen LogP contribution in [0.1, 0.15) is 75.2 Å². The van der Waals surface area contributed by atoms with Gasteiger partial charge >= 0.3 is 14.4 Å². The summed E-state index contributed by atoms with van der Waals surface area (Å²) in [5.74, 6) is 0.205. The van der Waals surface area contributed by atoms with Crippen molar-refractivity contribution in [3.8, 4) is 0 Å². The fraction of sp³-hybridized carbons (Fsp3) is 1.00. The topological polar surface area (TPSA) is 47.9 Å². The predicted octanol–water partition coefficient (Wildman–Crippen LogP) is 3.18. The molecule has 1 N–H and O–H groups in total. The summed E-state index contributed by atoms with van der Waals surface area (Å²) < 4.78 is 17.9. The van der Waals surface area contributed by atoms with E-state index in [1.54, 1.807) is 21.2 Å². The second-order valence-electron chi connectivity index (χ2n) is 8.23. The van der Waals surface area contributed by atoms with Crippen LogP contribution in [0, 0.1) is 5.92 Å². The molecule has 0 aromatic heterocycles. The molecular weight excluding hydrogens is 278 g/mol. The molecule has 0 aliphatic carbocycles. The first-order chi connectivity index (χ1) is 9.77. The summed E-state index contributed by atoms with van der Waals surface area (Å²) in [6, 6.07) is 0. The molecular formula is C16H33B2O4. The van der Waals surface area contributed by atoms with Crippen molar-refractivity contribution in [1.29, 1.82) is 0 Å². The Morgan fingerprint density at radius 2 is 1.59 bits per heavy atom. The lowest BCUT2D eigenvalue weighted by atomic mass is 9.55. The van der Waals surface area contributed by atoms with Gasteiger partial charge in [-0.25, -0.2) is 0 Å². The maximum Gasteiger partial charge on any atom is 0.439 e. The van der Waals surface area contributed by atoms with Gasteiger partial charge in [-0.1, -0.05) is 20.3 Å². The van der Waals surface area contributed by atoms with Crippen molar-refractivity contribution >= 4 is 14.4 Å². The van der Waals surface area contributed by atoms with Gasteiger partial charge in [-0.05, 0) is 60.8 Å². The molecule has 0 bridgehead atoms. The summed E-state index contributed by atoms with van der Waals surface area (Å²) in [6.45, 7) is 17.8. The molecule has 6 heteroatoms. The molecule has 22 heavy (non-hydrogen) atoms. The Hall–Kier alpha value is -0.0301. The van der Waals surface area contributed by atoms with E-state index in [9.17, 15) is 5.11 Å². The van der Waals surface area contributed by atoms with Gasteiger partial charge in [0, 0.05) is 0 Å². The fourth-order valence-electron chi connectivity index (χ4n) is 2.71. The molecule has 127 valence electrons. The Bertz CT molecular complexity index is 363. The zero-order valence-electron chi connectivity index (χ0n) is 15.8. The molecule has 2 atom stereocenters. The highest BCUT2D eigenvalue weighted by atomic mass is 16.7. The summed E-state index contributed by atoms with van der Waals surface area (Å²) in [6.07, 6.45) is 2.03. The number of rotatable bonds is 7. The molecule has 1 aliphatic rings. The van der Waals surface area contributed by atoms with Crippen molar-refractivity contribution in [1.82, 2.24) is 0 Å². The van der Waals surface area contributed by atoms with Gasteiger partial charge in [0.15, 0.2) is 0 Å². The Morgan fingerprint density at radius 3 is 1.95 bits per heavy atom. The Kier molecular flexibility index (Phi) is 5.88. The molecule has 1 fully saturated rings. The van der Waals surface area contributed by atoms with Crippen LogP contribution in [-0.2, 0) is 14.0 Å². The van der Waals surface area contributed by atoms with Crippen LogP contribution in [0.2, 0.25) is 0 Å². The van der Waals surface area contributed by atoms with E-state index < -0.39 is 29.4 Å². The van der Waals surface area contributed by atoms with Gasteiger partial charge < -0.3 is 19.1 Å². The molecule has 1 heterocycles. The summed E-state index contributed by atoms with van der Waals surface area (Å²) in [7, 11) is 1.07. The second kappa shape index (κ2) is 6.46. The molecule has 1 aliphatic heterocycles. The van der Waals surface area contributed by atoms with Gasteiger partial charge in [-0.2, -0.15) is 0 Å². The van der Waals surface area contributed by atoms with Crippen molar-refractivity contribution < 1.29 is 19.1 Å². The third kappa shape index (κ3) is 3.89. The number of aliphatic hydroxyl groups is 1. The first-order valence-corrected chi connectivity index (χ1v) is 8.36. The lowest BCUT2D eigenvalue weighted by molar-refractivity contribution is -0.131. The van der Waals surface area contributed by atoms with E-state index in [2.05, 4.69) is 13.8 Å². The zero-order valence-corrected chi connectivity index (χ0v) is 15.8. The van der Waals surface area contributed by atoms with E-state index in [0.717, 1.165) is 12.8 Å². The summed E-state index contributed by atoms with van der Waals surface area (Å²) in [5.41, 5.74) is -2.45. The summed E-state index contributed by atoms with van der Waals surface area (Å²) >= 11 is 0. The Labute approximate surface area is 137 Å². The fourth-order valence-corrected chi connectivity index (χ4v) is 2.71. The molecule has 1 saturated heterocycles. The molecule has 0 amide bonds. The van der Waals surface area contributed by atoms with Gasteiger partial charge in [-0.15, -0.1) is 0 Å². The van der Waals surface area contributed by atoms with Crippen LogP contribution < -0.4 is 0 Å². The van der Waals surface area contributed by atoms with E-state index in [1.165, 1.54) is 0 Å². The largest absolute Gasteiger partial charge is 0.439 e. The molecule has 0 saturated carbocycles. The van der Waals surface area contributed by atoms with Crippen molar-refractivity contribution in [3.63, 3.8) is 0 Å². The van der Waals surface area contributed by atoms with Gasteiger partial charge in [0.25, 0.3) is 0 Å². The predicted molar refractivity (Wildman–Crippen MR) is 91.7 cm³/mol. The van der Waals surface area contributed by atoms with E-state index in [1.807, 2.05) is 34.6 Å². The molecule has 2 unspecified atom stereocenters. The van der Waals surface area contributed by atoms with Gasteiger partial charge in [0.2, 0.25) is 0 Å². The normalized spacial score (nSPS) is 24.9. The van der Waals surface area contributed by atoms with E-state index in [0.29, 0.717) is 0 Å². The minimum absolute atomic E-state index is 0.205. The lowest BCUT2D eigenvalue weighted by Gasteiger charge is -2.45. The average molecular weight is 311 g/mol. The highest BCUT2D eigenvalue weighted by Gasteiger charge is 2.53. The average Bonchev–Trinajstić information content (AvgIpc) is 2.53. The first kappa shape index (κ1) is 20.0. The smallest absolute Gasteiger partial charge is 0.435 e. The SMILES string of the molecule is CCCC(C)C(C)(O[B]B1OC(C)(C)C(C)(C)O1)C(C)(C)O. The molecule has 0 aromatic rings. The van der Waals surface area contributed by atoms with Crippen molar-refractivity contribution in [2.75, 3.05) is 0 Å². The maximum atomic E-state index is 10.6. The highest BCUT2D eigenvalue weighted by Crippen LogP contribution is 2.39. The van der Waals surface area contributed by atoms with Gasteiger partial charge in [-0.3, -0.25) is 0 Å². The molecule has 4 nitrogen and oxygen atoms in total. The first-order valence-electron chi connectivity index (χ1n) is 8.36. The van der Waals surface area contributed by atoms with Crippen LogP contribution in [0.15, 0.2) is 0 Å². The van der Waals surface area contributed by atoms with Gasteiger partial charge in [0.05, 0.1) is 22.4 Å². The van der Waals surface area contributed by atoms with Crippen molar-refractivity contribution in [2.45, 2.75) is 97.6 Å². The minimum Gasteiger partial charge on any atom is -0.435 e. The van der Waals surface area contributed by atoms with Crippen molar-refractivity contribution in [2.24, 2.45) is 5.92 Å². The van der Waals surface area contributed by atoms with Crippen LogP contribution in [0.4, 0.5) is 0 Å². The molecule has 0 spiro atoms. The highest BCUT2D eigenvalue weighted by molar-refractivity contribution is 7.03. The number of hydrogen-bond acceptors (Lipinski definition) is 4. The second-order valence-corrected chi connectivity index (χ2v) is 8.23. The molecule has 0 aromatic carbocycles. The van der Waals surface area contributed by atoms with Crippen LogP contribution in [0.5, 0.6) is 0 Å². The number of hydrogen-bond donors (Lipinski definition) is 1. The van der Waals surface area contributed by atoms with E-state index in [-0.39, 0.29) is 5.92 Å². The van der Waals surface area contributed by atoms with Crippen LogP contribution in [-0.4, -0.2) is 41.9 Å². The quantitative estimate of drug-likeness (QED) is 0.734. The van der Waals surface area contributed by atoms with Gasteiger partial charge in [0.1, 0.15) is 0 Å². The Morgan fingerprint density at radius 1 is 1.14 bits per heavy atom. The maximum absolute atomic E-state index is 10.6. The summed E-state index contributed by atoms with van der Waals surface area (Å²) in [5, 5.41) is 10.6. The van der Waals surface area contributed by atoms with Crippen LogP contribution in [0.25, 0.3) is 0 Å². The Balaban J connectivity index is 2.78. The summed E-state index contributed by atoms with van der Waals surface area (Å²) in [4.78, 5) is 0. The third-order valence-electron chi connectivity index (χ3n) is 5.57.